The maximum absolute atomic E-state index is 11.9. The van der Waals surface area contributed by atoms with Gasteiger partial charge in [0, 0.05) is 0 Å². The molecule has 2 amide bonds. The molecule has 1 aliphatic rings. The number of carbonyl (C=O) groups excluding carboxylic acids is 2. The minimum Gasteiger partial charge on any atom is -0.445 e. The molecule has 0 spiro atoms. The lowest BCUT2D eigenvalue weighted by molar-refractivity contribution is -0.114. The van der Waals surface area contributed by atoms with Crippen LogP contribution in [0.1, 0.15) is 33.3 Å². The smallest absolute Gasteiger partial charge is 0.410 e. The second kappa shape index (κ2) is 7.31. The molecule has 1 heterocycles. The van der Waals surface area contributed by atoms with Crippen molar-refractivity contribution in [1.82, 2.24) is 10.2 Å². The summed E-state index contributed by atoms with van der Waals surface area (Å²) in [7, 11) is 0. The highest BCUT2D eigenvalue weighted by Crippen LogP contribution is 2.26. The van der Waals surface area contributed by atoms with E-state index in [1.807, 2.05) is 30.3 Å². The first-order valence-corrected chi connectivity index (χ1v) is 8.27. The summed E-state index contributed by atoms with van der Waals surface area (Å²) in [4.78, 5) is 25.2. The molecule has 0 aromatic heterocycles. The molecule has 1 saturated heterocycles. The van der Waals surface area contributed by atoms with Gasteiger partial charge in [0.25, 0.3) is 0 Å². The lowest BCUT2D eigenvalue weighted by Gasteiger charge is -2.49. The van der Waals surface area contributed by atoms with E-state index in [2.05, 4.69) is 5.32 Å². The third-order valence-corrected chi connectivity index (χ3v) is 3.93. The number of nitrogens with one attached hydrogen (secondary N) is 1. The van der Waals surface area contributed by atoms with Crippen molar-refractivity contribution in [3.05, 3.63) is 35.9 Å². The SMILES string of the molecule is CC(NC(=O)OCc1ccccc1)C1(O)CN(C(=O)OC(C)(C)C)C1. The number of carbonyl (C=O) groups is 2. The second-order valence-electron chi connectivity index (χ2n) is 7.37. The van der Waals surface area contributed by atoms with Gasteiger partial charge in [-0.1, -0.05) is 30.3 Å². The number of amides is 2. The minimum atomic E-state index is -1.19. The fourth-order valence-corrected chi connectivity index (χ4v) is 2.42. The van der Waals surface area contributed by atoms with Crippen molar-refractivity contribution in [3.8, 4) is 0 Å². The van der Waals surface area contributed by atoms with Crippen LogP contribution in [0.3, 0.4) is 0 Å². The summed E-state index contributed by atoms with van der Waals surface area (Å²) in [6, 6.07) is 8.76. The Kier molecular flexibility index (Phi) is 5.57. The number of nitrogens with zero attached hydrogens (tertiary/aromatic N) is 1. The molecule has 1 unspecified atom stereocenters. The van der Waals surface area contributed by atoms with Crippen LogP contribution >= 0.6 is 0 Å². The summed E-state index contributed by atoms with van der Waals surface area (Å²) in [5, 5.41) is 13.1. The van der Waals surface area contributed by atoms with Gasteiger partial charge in [-0.05, 0) is 33.3 Å². The number of ether oxygens (including phenoxy) is 2. The first-order valence-electron chi connectivity index (χ1n) is 8.27. The van der Waals surface area contributed by atoms with Gasteiger partial charge < -0.3 is 24.8 Å². The van der Waals surface area contributed by atoms with Gasteiger partial charge in [0.15, 0.2) is 0 Å². The Morgan fingerprint density at radius 1 is 1.28 bits per heavy atom. The third-order valence-electron chi connectivity index (χ3n) is 3.93. The number of aliphatic hydroxyl groups is 1. The maximum atomic E-state index is 11.9. The van der Waals surface area contributed by atoms with Gasteiger partial charge in [0.2, 0.25) is 0 Å². The molecule has 2 N–H and O–H groups in total. The van der Waals surface area contributed by atoms with Crippen molar-refractivity contribution in [1.29, 1.82) is 0 Å². The first-order chi connectivity index (χ1) is 11.6. The molecule has 7 nitrogen and oxygen atoms in total. The number of rotatable bonds is 4. The van der Waals surface area contributed by atoms with Crippen LogP contribution in [0.15, 0.2) is 30.3 Å². The minimum absolute atomic E-state index is 0.0993. The monoisotopic (exact) mass is 350 g/mol. The Balaban J connectivity index is 1.76. The Hall–Kier alpha value is -2.28. The average molecular weight is 350 g/mol. The van der Waals surface area contributed by atoms with E-state index in [9.17, 15) is 14.7 Å². The number of benzene rings is 1. The fraction of sp³-hybridized carbons (Fsp3) is 0.556. The van der Waals surface area contributed by atoms with Gasteiger partial charge in [-0.2, -0.15) is 0 Å². The van der Waals surface area contributed by atoms with E-state index in [0.717, 1.165) is 5.56 Å². The Morgan fingerprint density at radius 2 is 1.88 bits per heavy atom. The third kappa shape index (κ3) is 5.35. The van der Waals surface area contributed by atoms with Crippen LogP contribution in [0.4, 0.5) is 9.59 Å². The zero-order valence-corrected chi connectivity index (χ0v) is 15.1. The molecule has 0 bridgehead atoms. The Morgan fingerprint density at radius 3 is 2.44 bits per heavy atom. The van der Waals surface area contributed by atoms with Crippen molar-refractivity contribution in [2.45, 2.75) is 51.5 Å². The van der Waals surface area contributed by atoms with E-state index in [-0.39, 0.29) is 19.7 Å². The zero-order valence-electron chi connectivity index (χ0n) is 15.1. The lowest BCUT2D eigenvalue weighted by Crippen LogP contribution is -2.71. The van der Waals surface area contributed by atoms with Crippen LogP contribution < -0.4 is 5.32 Å². The van der Waals surface area contributed by atoms with Gasteiger partial charge in [-0.3, -0.25) is 0 Å². The number of hydrogen-bond acceptors (Lipinski definition) is 5. The molecule has 7 heteroatoms. The van der Waals surface area contributed by atoms with E-state index in [1.54, 1.807) is 27.7 Å². The molecule has 1 aromatic rings. The quantitative estimate of drug-likeness (QED) is 0.870. The molecule has 2 rings (SSSR count). The summed E-state index contributed by atoms with van der Waals surface area (Å²) in [6.07, 6.45) is -1.09. The number of hydrogen-bond donors (Lipinski definition) is 2. The van der Waals surface area contributed by atoms with Crippen LogP contribution in [0.25, 0.3) is 0 Å². The summed E-state index contributed by atoms with van der Waals surface area (Å²) < 4.78 is 10.4. The highest BCUT2D eigenvalue weighted by molar-refractivity contribution is 5.70. The van der Waals surface area contributed by atoms with Gasteiger partial charge in [-0.25, -0.2) is 9.59 Å². The van der Waals surface area contributed by atoms with E-state index in [0.29, 0.717) is 0 Å². The zero-order chi connectivity index (χ0) is 18.7. The first kappa shape index (κ1) is 19.1. The molecule has 1 aliphatic heterocycles. The van der Waals surface area contributed by atoms with Gasteiger partial charge in [-0.15, -0.1) is 0 Å². The van der Waals surface area contributed by atoms with Crippen molar-refractivity contribution < 1.29 is 24.2 Å². The molecule has 1 atom stereocenters. The summed E-state index contributed by atoms with van der Waals surface area (Å²) in [5.74, 6) is 0. The van der Waals surface area contributed by atoms with E-state index in [4.69, 9.17) is 9.47 Å². The average Bonchev–Trinajstić information content (AvgIpc) is 2.49. The Labute approximate surface area is 147 Å². The highest BCUT2D eigenvalue weighted by atomic mass is 16.6. The topological polar surface area (TPSA) is 88.1 Å². The standard InChI is InChI=1S/C18H26N2O5/c1-13(19-15(21)24-10-14-8-6-5-7-9-14)18(23)11-20(12-18)16(22)25-17(2,3)4/h5-9,13,23H,10-12H2,1-4H3,(H,19,21). The molecule has 0 radical (unpaired) electrons. The number of β-amino-alcohol motifs (C(OH)–C–C–N with tert-alkyl or cyclic N) is 1. The molecule has 1 fully saturated rings. The van der Waals surface area contributed by atoms with Crippen LogP contribution in [0.5, 0.6) is 0 Å². The molecular weight excluding hydrogens is 324 g/mol. The number of likely N-dealkylation sites (tertiary alicyclic amines) is 1. The van der Waals surface area contributed by atoms with Crippen molar-refractivity contribution in [3.63, 3.8) is 0 Å². The fourth-order valence-electron chi connectivity index (χ4n) is 2.42. The molecular formula is C18H26N2O5. The van der Waals surface area contributed by atoms with Crippen molar-refractivity contribution in [2.24, 2.45) is 0 Å². The molecule has 25 heavy (non-hydrogen) atoms. The van der Waals surface area contributed by atoms with Gasteiger partial charge >= 0.3 is 12.2 Å². The second-order valence-corrected chi connectivity index (χ2v) is 7.37. The molecule has 0 saturated carbocycles. The Bertz CT molecular complexity index is 606. The lowest BCUT2D eigenvalue weighted by atomic mass is 9.87. The maximum Gasteiger partial charge on any atom is 0.410 e. The van der Waals surface area contributed by atoms with Crippen LogP contribution in [0.2, 0.25) is 0 Å². The largest absolute Gasteiger partial charge is 0.445 e. The van der Waals surface area contributed by atoms with Crippen LogP contribution in [0, 0.1) is 0 Å². The van der Waals surface area contributed by atoms with E-state index >= 15 is 0 Å². The van der Waals surface area contributed by atoms with Gasteiger partial charge in [0.1, 0.15) is 17.8 Å². The van der Waals surface area contributed by atoms with E-state index < -0.39 is 29.4 Å². The highest BCUT2D eigenvalue weighted by Gasteiger charge is 2.49. The summed E-state index contributed by atoms with van der Waals surface area (Å²) in [6.45, 7) is 7.37. The predicted molar refractivity (Wildman–Crippen MR) is 92.0 cm³/mol. The molecule has 0 aliphatic carbocycles. The van der Waals surface area contributed by atoms with Gasteiger partial charge in [0.05, 0.1) is 19.1 Å². The van der Waals surface area contributed by atoms with E-state index in [1.165, 1.54) is 4.90 Å². The van der Waals surface area contributed by atoms with Crippen molar-refractivity contribution >= 4 is 12.2 Å². The van der Waals surface area contributed by atoms with Crippen molar-refractivity contribution in [2.75, 3.05) is 13.1 Å². The summed E-state index contributed by atoms with van der Waals surface area (Å²) in [5.41, 5.74) is -0.901. The number of alkyl carbamates (subject to hydrolysis) is 1. The molecule has 138 valence electrons. The predicted octanol–water partition coefficient (Wildman–Crippen LogP) is 2.28. The van der Waals surface area contributed by atoms with Crippen LogP contribution in [-0.4, -0.2) is 52.5 Å². The normalized spacial score (nSPS) is 17.2. The van der Waals surface area contributed by atoms with Crippen LogP contribution in [-0.2, 0) is 16.1 Å². The summed E-state index contributed by atoms with van der Waals surface area (Å²) >= 11 is 0. The molecule has 1 aromatic carbocycles.